The standard InChI is InChI=1S/C30H40O3Si/c1-23-20-30(6)27(31)32-19-13-18-29(30,5)21-24(23)22-33-34(28(2,3)4,25-14-9-7-10-15-25)26-16-11-8-12-17-26/h7-12,14-17,21,23H,13,18-20,22H2,1-6H3/t23-,29-,30-/m0/s1. The summed E-state index contributed by atoms with van der Waals surface area (Å²) in [5.41, 5.74) is 0.629. The van der Waals surface area contributed by atoms with E-state index < -0.39 is 13.7 Å². The number of benzene rings is 2. The van der Waals surface area contributed by atoms with Crippen molar-refractivity contribution in [3.8, 4) is 0 Å². The zero-order valence-corrected chi connectivity index (χ0v) is 22.7. The summed E-state index contributed by atoms with van der Waals surface area (Å²) in [5.74, 6) is 0.226. The molecule has 34 heavy (non-hydrogen) atoms. The molecule has 0 spiro atoms. The van der Waals surface area contributed by atoms with Gasteiger partial charge in [0.25, 0.3) is 8.32 Å². The number of hydrogen-bond acceptors (Lipinski definition) is 3. The second-order valence-corrected chi connectivity index (χ2v) is 16.1. The lowest BCUT2D eigenvalue weighted by Gasteiger charge is -2.48. The Hall–Kier alpha value is -2.17. The number of allylic oxidation sites excluding steroid dienone is 1. The van der Waals surface area contributed by atoms with E-state index in [1.54, 1.807) is 0 Å². The van der Waals surface area contributed by atoms with E-state index in [4.69, 9.17) is 9.16 Å². The van der Waals surface area contributed by atoms with E-state index in [0.29, 0.717) is 13.2 Å². The van der Waals surface area contributed by atoms with Gasteiger partial charge in [0.2, 0.25) is 0 Å². The number of fused-ring (bicyclic) bond motifs is 1. The normalized spacial score (nSPS) is 27.9. The molecule has 182 valence electrons. The first-order chi connectivity index (χ1) is 16.0. The molecule has 0 bridgehead atoms. The number of carbonyl (C=O) groups is 1. The SMILES string of the molecule is C[C@H]1C[C@@]2(C)C(=O)OCCC[C@@]2(C)C=C1CO[Si](c1ccccc1)(c1ccccc1)C(C)(C)C. The average molecular weight is 477 g/mol. The number of ether oxygens (including phenoxy) is 1. The maximum atomic E-state index is 13.0. The average Bonchev–Trinajstić information content (AvgIpc) is 2.91. The van der Waals surface area contributed by atoms with Gasteiger partial charge in [0, 0.05) is 5.41 Å². The highest BCUT2D eigenvalue weighted by Gasteiger charge is 2.55. The van der Waals surface area contributed by atoms with Gasteiger partial charge in [-0.25, -0.2) is 0 Å². The zero-order chi connectivity index (χ0) is 24.6. The van der Waals surface area contributed by atoms with Crippen molar-refractivity contribution in [1.29, 1.82) is 0 Å². The first-order valence-corrected chi connectivity index (χ1v) is 14.6. The van der Waals surface area contributed by atoms with Crippen molar-refractivity contribution in [2.45, 2.75) is 65.8 Å². The van der Waals surface area contributed by atoms with Gasteiger partial charge in [0.1, 0.15) is 0 Å². The molecule has 3 atom stereocenters. The lowest BCUT2D eigenvalue weighted by atomic mass is 9.56. The van der Waals surface area contributed by atoms with Gasteiger partial charge in [0.05, 0.1) is 18.6 Å². The minimum Gasteiger partial charge on any atom is -0.465 e. The molecule has 3 nitrogen and oxygen atoms in total. The first kappa shape index (κ1) is 24.9. The third kappa shape index (κ3) is 4.09. The van der Waals surface area contributed by atoms with Crippen LogP contribution in [0.5, 0.6) is 0 Å². The van der Waals surface area contributed by atoms with Crippen LogP contribution in [0.1, 0.15) is 60.8 Å². The van der Waals surface area contributed by atoms with E-state index in [0.717, 1.165) is 19.3 Å². The van der Waals surface area contributed by atoms with Gasteiger partial charge in [-0.05, 0) is 53.1 Å². The van der Waals surface area contributed by atoms with Crippen molar-refractivity contribution in [1.82, 2.24) is 0 Å². The Kier molecular flexibility index (Phi) is 6.69. The van der Waals surface area contributed by atoms with Crippen molar-refractivity contribution >= 4 is 24.7 Å². The van der Waals surface area contributed by atoms with E-state index in [1.165, 1.54) is 15.9 Å². The van der Waals surface area contributed by atoms with Crippen LogP contribution in [0, 0.1) is 16.7 Å². The Morgan fingerprint density at radius 1 is 1.00 bits per heavy atom. The van der Waals surface area contributed by atoms with Gasteiger partial charge in [-0.1, -0.05) is 101 Å². The highest BCUT2D eigenvalue weighted by molar-refractivity contribution is 6.99. The summed E-state index contributed by atoms with van der Waals surface area (Å²) >= 11 is 0. The van der Waals surface area contributed by atoms with Crippen LogP contribution >= 0.6 is 0 Å². The molecule has 1 aliphatic carbocycles. The van der Waals surface area contributed by atoms with Crippen LogP contribution in [0.3, 0.4) is 0 Å². The molecule has 0 radical (unpaired) electrons. The van der Waals surface area contributed by atoms with E-state index in [1.807, 2.05) is 0 Å². The monoisotopic (exact) mass is 476 g/mol. The molecule has 2 aromatic carbocycles. The van der Waals surface area contributed by atoms with Crippen molar-refractivity contribution in [3.63, 3.8) is 0 Å². The quantitative estimate of drug-likeness (QED) is 0.307. The Morgan fingerprint density at radius 3 is 2.09 bits per heavy atom. The molecule has 4 heteroatoms. The smallest absolute Gasteiger partial charge is 0.312 e. The van der Waals surface area contributed by atoms with Gasteiger partial charge >= 0.3 is 5.97 Å². The van der Waals surface area contributed by atoms with Crippen LogP contribution in [0.4, 0.5) is 0 Å². The van der Waals surface area contributed by atoms with Crippen molar-refractivity contribution in [2.24, 2.45) is 16.7 Å². The van der Waals surface area contributed by atoms with Crippen LogP contribution in [0.15, 0.2) is 72.3 Å². The summed E-state index contributed by atoms with van der Waals surface area (Å²) in [4.78, 5) is 13.0. The molecular formula is C30H40O3Si. The fourth-order valence-electron chi connectivity index (χ4n) is 6.25. The Balaban J connectivity index is 1.77. The molecule has 1 heterocycles. The van der Waals surface area contributed by atoms with Crippen LogP contribution < -0.4 is 10.4 Å². The van der Waals surface area contributed by atoms with Gasteiger partial charge in [-0.2, -0.15) is 0 Å². The second-order valence-electron chi connectivity index (χ2n) is 11.8. The van der Waals surface area contributed by atoms with Crippen molar-refractivity contribution in [3.05, 3.63) is 72.3 Å². The number of hydrogen-bond donors (Lipinski definition) is 0. The largest absolute Gasteiger partial charge is 0.465 e. The van der Waals surface area contributed by atoms with Gasteiger partial charge in [-0.3, -0.25) is 4.79 Å². The predicted molar refractivity (Wildman–Crippen MR) is 142 cm³/mol. The van der Waals surface area contributed by atoms with E-state index >= 15 is 0 Å². The van der Waals surface area contributed by atoms with Crippen molar-refractivity contribution in [2.75, 3.05) is 13.2 Å². The van der Waals surface area contributed by atoms with E-state index in [9.17, 15) is 4.79 Å². The molecule has 0 aromatic heterocycles. The lowest BCUT2D eigenvalue weighted by Crippen LogP contribution is -2.66. The van der Waals surface area contributed by atoms with Gasteiger partial charge in [0.15, 0.2) is 0 Å². The van der Waals surface area contributed by atoms with E-state index in [2.05, 4.69) is 108 Å². The summed E-state index contributed by atoms with van der Waals surface area (Å²) in [7, 11) is -2.61. The Morgan fingerprint density at radius 2 is 1.56 bits per heavy atom. The van der Waals surface area contributed by atoms with Gasteiger partial charge < -0.3 is 9.16 Å². The number of carbonyl (C=O) groups excluding carboxylic acids is 1. The maximum Gasteiger partial charge on any atom is 0.312 e. The lowest BCUT2D eigenvalue weighted by molar-refractivity contribution is -0.160. The maximum absolute atomic E-state index is 13.0. The second kappa shape index (κ2) is 9.12. The number of cyclic esters (lactones) is 1. The topological polar surface area (TPSA) is 35.5 Å². The summed E-state index contributed by atoms with van der Waals surface area (Å²) < 4.78 is 12.9. The minimum absolute atomic E-state index is 0.0393. The third-order valence-electron chi connectivity index (χ3n) is 8.51. The van der Waals surface area contributed by atoms with Crippen LogP contribution in [0.25, 0.3) is 0 Å². The minimum atomic E-state index is -2.61. The zero-order valence-electron chi connectivity index (χ0n) is 21.7. The predicted octanol–water partition coefficient (Wildman–Crippen LogP) is 5.88. The molecule has 0 unspecified atom stereocenters. The van der Waals surface area contributed by atoms with Crippen LogP contribution in [-0.2, 0) is 14.0 Å². The summed E-state index contributed by atoms with van der Waals surface area (Å²) in [5, 5.41) is 2.54. The molecule has 1 aliphatic heterocycles. The Bertz CT molecular complexity index is 1000. The molecule has 0 saturated carbocycles. The summed E-state index contributed by atoms with van der Waals surface area (Å²) in [6.45, 7) is 14.7. The molecular weight excluding hydrogens is 436 g/mol. The molecule has 4 rings (SSSR count). The van der Waals surface area contributed by atoms with Crippen molar-refractivity contribution < 1.29 is 14.0 Å². The van der Waals surface area contributed by atoms with E-state index in [-0.39, 0.29) is 22.3 Å². The van der Waals surface area contributed by atoms with Crippen LogP contribution in [-0.4, -0.2) is 27.5 Å². The first-order valence-electron chi connectivity index (χ1n) is 12.7. The molecule has 2 aromatic rings. The summed E-state index contributed by atoms with van der Waals surface area (Å²) in [6, 6.07) is 21.6. The highest BCUT2D eigenvalue weighted by Crippen LogP contribution is 2.55. The van der Waals surface area contributed by atoms with Crippen LogP contribution in [0.2, 0.25) is 5.04 Å². The fourth-order valence-corrected chi connectivity index (χ4v) is 10.8. The molecule has 2 aliphatic rings. The molecule has 0 N–H and O–H groups in total. The number of rotatable bonds is 5. The third-order valence-corrected chi connectivity index (χ3v) is 13.5. The molecule has 1 fully saturated rings. The summed E-state index contributed by atoms with van der Waals surface area (Å²) in [6.07, 6.45) is 5.06. The van der Waals surface area contributed by atoms with Gasteiger partial charge in [-0.15, -0.1) is 0 Å². The number of esters is 1. The molecule has 0 amide bonds. The molecule has 1 saturated heterocycles. The highest BCUT2D eigenvalue weighted by atomic mass is 28.4. The Labute approximate surface area is 206 Å². The fraction of sp³-hybridized carbons (Fsp3) is 0.500.